The first-order valence-electron chi connectivity index (χ1n) is 0. The molecular formula is H80Ar60O40. The molecule has 100 heavy (non-hydrogen) atoms. The first-order valence-corrected chi connectivity index (χ1v) is 0. The zero-order valence-electron chi connectivity index (χ0n) is 41.2. The van der Waals surface area contributed by atoms with Gasteiger partial charge in [-0.1, -0.05) is 0 Å². The zero-order chi connectivity index (χ0) is 0. The molecule has 0 aromatic carbocycles. The van der Waals surface area contributed by atoms with Crippen LogP contribution in [-0.4, -0.2) is 219 Å². The minimum Gasteiger partial charge on any atom is -0.412 e. The molecule has 0 bridgehead atoms. The van der Waals surface area contributed by atoms with Gasteiger partial charge in [-0.05, 0) is 0 Å². The van der Waals surface area contributed by atoms with Crippen LogP contribution in [0.4, 0.5) is 0 Å². The number of rotatable bonds is 0. The molecule has 0 aliphatic carbocycles. The molecule has 0 amide bonds. The van der Waals surface area contributed by atoms with E-state index in [9.17, 15) is 0 Å². The van der Waals surface area contributed by atoms with E-state index in [4.69, 9.17) is 0 Å². The van der Waals surface area contributed by atoms with E-state index >= 15 is 0 Å². The van der Waals surface area contributed by atoms with Gasteiger partial charge in [0.15, 0.2) is 0 Å². The van der Waals surface area contributed by atoms with Crippen LogP contribution >= 0.6 is 0 Å². The summed E-state index contributed by atoms with van der Waals surface area (Å²) < 4.78 is 0. The van der Waals surface area contributed by atoms with E-state index in [1.165, 1.54) is 0 Å². The summed E-state index contributed by atoms with van der Waals surface area (Å²) in [5.41, 5.74) is 0. The Hall–Kier alpha value is 74.0. The molecule has 0 aliphatic heterocycles. The average Bonchev–Trinajstić information content (AvgIpc) is 0. The molecule has 800 valence electrons. The molecule has 100 heteroatoms. The Morgan fingerprint density at radius 2 is 0.0200 bits per heavy atom. The van der Waals surface area contributed by atoms with Crippen molar-refractivity contribution in [2.24, 2.45) is 0 Å². The Morgan fingerprint density at radius 3 is 0.0200 bits per heavy atom. The van der Waals surface area contributed by atoms with E-state index in [0.717, 1.165) is 0 Å². The largest absolute Gasteiger partial charge is 0.412 e. The third kappa shape index (κ3) is 919. The molecule has 0 atom stereocenters. The van der Waals surface area contributed by atoms with Gasteiger partial charge in [0.2, 0.25) is 0 Å². The minimum absolute atomic E-state index is 0. The average molecular weight is 3120 g/mol. The quantitative estimate of drug-likeness (QED) is 0.218. The van der Waals surface area contributed by atoms with Crippen molar-refractivity contribution in [2.75, 3.05) is 0 Å². The van der Waals surface area contributed by atoms with Gasteiger partial charge in [-0.25, -0.2) is 0 Å². The monoisotopic (exact) mass is 3120 g/mol. The van der Waals surface area contributed by atoms with Gasteiger partial charge in [0.1, 0.15) is 0 Å². The molecule has 80 N–H and O–H groups in total. The minimum atomic E-state index is 0. The van der Waals surface area contributed by atoms with E-state index in [1.54, 1.807) is 0 Å². The summed E-state index contributed by atoms with van der Waals surface area (Å²) in [6.45, 7) is 0. The summed E-state index contributed by atoms with van der Waals surface area (Å²) in [4.78, 5) is 0. The van der Waals surface area contributed by atoms with Gasteiger partial charge < -0.3 is 219 Å². The Morgan fingerprint density at radius 1 is 0.0200 bits per heavy atom. The third-order valence-corrected chi connectivity index (χ3v) is 0. The third-order valence-electron chi connectivity index (χ3n) is 0. The van der Waals surface area contributed by atoms with E-state index in [2.05, 4.69) is 0 Å². The van der Waals surface area contributed by atoms with E-state index in [0.29, 0.717) is 0 Å². The van der Waals surface area contributed by atoms with Gasteiger partial charge in [-0.15, -0.1) is 0 Å². The predicted molar refractivity (Wildman–Crippen MR) is 145 cm³/mol. The van der Waals surface area contributed by atoms with Crippen molar-refractivity contribution < 1.29 is 2480 Å². The van der Waals surface area contributed by atoms with Gasteiger partial charge in [0.25, 0.3) is 0 Å². The Labute approximate surface area is 2390 Å². The topological polar surface area (TPSA) is 1260 Å². The molecule has 0 aromatic rings. The summed E-state index contributed by atoms with van der Waals surface area (Å²) >= 11 is 0. The van der Waals surface area contributed by atoms with Crippen LogP contribution in [0.1, 0.15) is 0 Å². The predicted octanol–water partition coefficient (Wildman–Crippen LogP) is -33.0. The van der Waals surface area contributed by atoms with Crippen LogP contribution in [-0.2, 0) is 0 Å². The second-order valence-electron chi connectivity index (χ2n) is 0. The second kappa shape index (κ2) is 935. The van der Waals surface area contributed by atoms with Crippen molar-refractivity contribution in [3.63, 3.8) is 0 Å². The van der Waals surface area contributed by atoms with Crippen LogP contribution in [0.5, 0.6) is 0 Å². The summed E-state index contributed by atoms with van der Waals surface area (Å²) in [5.74, 6) is 0. The number of hydrogen-bond donors (Lipinski definition) is 0. The SMILES string of the molecule is O.O.O.O.O.O.O.O.O.O.O.O.O.O.O.O.O.O.O.O.O.O.O.O.O.O.O.O.O.O.O.O.O.O.O.O.O.O.O.O.[Ar].[Ar].[Ar].[Ar].[Ar].[Ar].[Ar].[Ar].[Ar].[Ar].[Ar].[Ar].[Ar].[Ar].[Ar].[Ar].[Ar].[Ar].[Ar].[Ar].[Ar].[Ar].[Ar].[Ar].[Ar].[Ar].[Ar].[Ar].[Ar].[Ar].[Ar].[Ar].[Ar].[Ar].[Ar].[Ar].[Ar].[Ar].[Ar].[Ar].[Ar].[Ar].[Ar].[Ar].[Ar].[Ar].[Ar].[Ar].[Ar].[Ar].[Ar].[Ar].[Ar].[Ar].[Ar].[Ar].[Ar].[Ar].[Ar].[Ar]. The summed E-state index contributed by atoms with van der Waals surface area (Å²) in [5, 5.41) is 0. The fourth-order valence-electron chi connectivity index (χ4n) is 0. The van der Waals surface area contributed by atoms with Crippen molar-refractivity contribution in [1.29, 1.82) is 0 Å². The van der Waals surface area contributed by atoms with Crippen LogP contribution in [0.15, 0.2) is 0 Å². The van der Waals surface area contributed by atoms with Crippen LogP contribution in [0.25, 0.3) is 0 Å². The molecule has 0 aromatic heterocycles. The van der Waals surface area contributed by atoms with Gasteiger partial charge in [-0.2, -0.15) is 0 Å². The Bertz CT molecular complexity index is 97.1. The van der Waals surface area contributed by atoms with E-state index < -0.39 is 0 Å². The van der Waals surface area contributed by atoms with E-state index in [-0.39, 0.29) is 2480 Å². The van der Waals surface area contributed by atoms with Gasteiger partial charge in [0, 0.05) is 2260 Å². The van der Waals surface area contributed by atoms with Crippen LogP contribution in [0, 0.1) is 2260 Å². The van der Waals surface area contributed by atoms with Crippen molar-refractivity contribution in [2.45, 2.75) is 0 Å². The molecule has 0 saturated carbocycles. The van der Waals surface area contributed by atoms with Crippen molar-refractivity contribution >= 4 is 0 Å². The zero-order valence-corrected chi connectivity index (χ0v) is 83.6. The van der Waals surface area contributed by atoms with Crippen molar-refractivity contribution in [3.8, 4) is 0 Å². The molecule has 0 rings (SSSR count). The molecule has 40 nitrogen and oxygen atoms in total. The maximum Gasteiger partial charge on any atom is 0 e. The summed E-state index contributed by atoms with van der Waals surface area (Å²) in [7, 11) is 0. The van der Waals surface area contributed by atoms with Crippen LogP contribution in [0.3, 0.4) is 0 Å². The van der Waals surface area contributed by atoms with Gasteiger partial charge >= 0.3 is 0 Å². The maximum absolute atomic E-state index is 0. The second-order valence-corrected chi connectivity index (χ2v) is 0. The fraction of sp³-hybridized carbons (Fsp3) is 0. The molecular weight excluding hydrogens is 3040 g/mol. The van der Waals surface area contributed by atoms with Gasteiger partial charge in [0.05, 0.1) is 0 Å². The Balaban J connectivity index is 0. The summed E-state index contributed by atoms with van der Waals surface area (Å²) in [6, 6.07) is 0. The Kier molecular flexibility index (Phi) is 8890. The molecule has 0 heterocycles. The normalized spacial score (nSPS) is 0. The number of hydrogen-bond acceptors (Lipinski definition) is 0. The molecule has 0 unspecified atom stereocenters. The molecule has 0 spiro atoms. The fourth-order valence-corrected chi connectivity index (χ4v) is 0. The molecule has 0 radical (unpaired) electrons. The first-order chi connectivity index (χ1) is 0. The maximum atomic E-state index is 0. The molecule has 0 saturated heterocycles. The standard InChI is InChI=1S/60Ar.40H2O/h;;;;;;;;;;;;;;;;;;;;;;;;;;;;;;;;;;;;;;;;;;;;;;;;;;;;;;;;;;;;40*1H2. The van der Waals surface area contributed by atoms with Crippen molar-refractivity contribution in [1.82, 2.24) is 0 Å². The van der Waals surface area contributed by atoms with Crippen LogP contribution in [0.2, 0.25) is 0 Å². The molecule has 0 aliphatic rings. The summed E-state index contributed by atoms with van der Waals surface area (Å²) in [6.07, 6.45) is 0. The first kappa shape index (κ1) is 951. The van der Waals surface area contributed by atoms with Gasteiger partial charge in [-0.3, -0.25) is 0 Å². The smallest absolute Gasteiger partial charge is 0 e. The van der Waals surface area contributed by atoms with E-state index in [1.807, 2.05) is 0 Å². The van der Waals surface area contributed by atoms with Crippen molar-refractivity contribution in [3.05, 3.63) is 0 Å². The van der Waals surface area contributed by atoms with Crippen LogP contribution < -0.4 is 0 Å². The molecule has 0 fully saturated rings.